The lowest BCUT2D eigenvalue weighted by atomic mass is 10.1. The molecular weight excluding hydrogens is 246 g/mol. The fourth-order valence-electron chi connectivity index (χ4n) is 1.96. The van der Waals surface area contributed by atoms with Crippen LogP contribution in [-0.2, 0) is 14.3 Å². The number of hydrogen-bond acceptors (Lipinski definition) is 4. The van der Waals surface area contributed by atoms with Gasteiger partial charge in [0, 0.05) is 6.54 Å². The number of methoxy groups -OCH3 is 1. The Kier molecular flexibility index (Phi) is 3.85. The van der Waals surface area contributed by atoms with Crippen LogP contribution in [0.15, 0.2) is 36.9 Å². The van der Waals surface area contributed by atoms with E-state index in [0.717, 1.165) is 0 Å². The zero-order chi connectivity index (χ0) is 13.8. The summed E-state index contributed by atoms with van der Waals surface area (Å²) in [5.41, 5.74) is 0.688. The van der Waals surface area contributed by atoms with E-state index >= 15 is 0 Å². The molecule has 1 amide bonds. The SMILES string of the molecule is C=CCN1C(=O)[C@@H](CC(=O)OC)Oc2ccccc21. The van der Waals surface area contributed by atoms with Crippen LogP contribution in [0, 0.1) is 0 Å². The highest BCUT2D eigenvalue weighted by Gasteiger charge is 2.35. The third-order valence-electron chi connectivity index (χ3n) is 2.86. The maximum atomic E-state index is 12.3. The Bertz CT molecular complexity index is 512. The van der Waals surface area contributed by atoms with E-state index in [4.69, 9.17) is 4.74 Å². The Morgan fingerprint density at radius 3 is 2.95 bits per heavy atom. The summed E-state index contributed by atoms with van der Waals surface area (Å²) in [4.78, 5) is 25.1. The van der Waals surface area contributed by atoms with Gasteiger partial charge in [0.2, 0.25) is 0 Å². The molecule has 1 aromatic rings. The van der Waals surface area contributed by atoms with Gasteiger partial charge in [-0.2, -0.15) is 0 Å². The summed E-state index contributed by atoms with van der Waals surface area (Å²) in [5, 5.41) is 0. The van der Waals surface area contributed by atoms with Crippen molar-refractivity contribution in [2.45, 2.75) is 12.5 Å². The third kappa shape index (κ3) is 2.59. The topological polar surface area (TPSA) is 55.8 Å². The van der Waals surface area contributed by atoms with Gasteiger partial charge in [-0.3, -0.25) is 9.59 Å². The Labute approximate surface area is 111 Å². The van der Waals surface area contributed by atoms with Gasteiger partial charge in [-0.15, -0.1) is 6.58 Å². The number of benzene rings is 1. The molecule has 0 aliphatic carbocycles. The number of ether oxygens (including phenoxy) is 2. The van der Waals surface area contributed by atoms with Crippen LogP contribution in [-0.4, -0.2) is 31.6 Å². The Morgan fingerprint density at radius 1 is 1.53 bits per heavy atom. The van der Waals surface area contributed by atoms with E-state index in [1.807, 2.05) is 12.1 Å². The predicted molar refractivity (Wildman–Crippen MR) is 70.0 cm³/mol. The molecule has 0 fully saturated rings. The maximum Gasteiger partial charge on any atom is 0.309 e. The van der Waals surface area contributed by atoms with Crippen LogP contribution >= 0.6 is 0 Å². The van der Waals surface area contributed by atoms with Gasteiger partial charge >= 0.3 is 5.97 Å². The van der Waals surface area contributed by atoms with Crippen LogP contribution in [0.2, 0.25) is 0 Å². The Morgan fingerprint density at radius 2 is 2.26 bits per heavy atom. The van der Waals surface area contributed by atoms with E-state index in [1.165, 1.54) is 7.11 Å². The number of nitrogens with zero attached hydrogens (tertiary/aromatic N) is 1. The van der Waals surface area contributed by atoms with Crippen LogP contribution in [0.1, 0.15) is 6.42 Å². The summed E-state index contributed by atoms with van der Waals surface area (Å²) in [6, 6.07) is 7.20. The average Bonchev–Trinajstić information content (AvgIpc) is 2.43. The molecule has 0 radical (unpaired) electrons. The Hall–Kier alpha value is -2.30. The number of hydrogen-bond donors (Lipinski definition) is 0. The maximum absolute atomic E-state index is 12.3. The van der Waals surface area contributed by atoms with Crippen molar-refractivity contribution in [3.8, 4) is 5.75 Å². The van der Waals surface area contributed by atoms with Gasteiger partial charge in [0.05, 0.1) is 19.2 Å². The Balaban J connectivity index is 2.30. The lowest BCUT2D eigenvalue weighted by molar-refractivity contribution is -0.145. The molecule has 5 nitrogen and oxygen atoms in total. The quantitative estimate of drug-likeness (QED) is 0.609. The fraction of sp³-hybridized carbons (Fsp3) is 0.286. The molecule has 1 aliphatic heterocycles. The number of fused-ring (bicyclic) bond motifs is 1. The van der Waals surface area contributed by atoms with Crippen molar-refractivity contribution in [2.75, 3.05) is 18.6 Å². The van der Waals surface area contributed by atoms with Crippen molar-refractivity contribution >= 4 is 17.6 Å². The number of amides is 1. The van der Waals surface area contributed by atoms with Crippen LogP contribution in [0.25, 0.3) is 0 Å². The third-order valence-corrected chi connectivity index (χ3v) is 2.86. The van der Waals surface area contributed by atoms with E-state index in [1.54, 1.807) is 23.1 Å². The number of rotatable bonds is 4. The lowest BCUT2D eigenvalue weighted by Gasteiger charge is -2.33. The summed E-state index contributed by atoms with van der Waals surface area (Å²) in [6.07, 6.45) is 0.689. The van der Waals surface area contributed by atoms with Crippen LogP contribution in [0.5, 0.6) is 5.75 Å². The second kappa shape index (κ2) is 5.56. The van der Waals surface area contributed by atoms with Crippen LogP contribution in [0.3, 0.4) is 0 Å². The predicted octanol–water partition coefficient (Wildman–Crippen LogP) is 1.53. The number of para-hydroxylation sites is 2. The van der Waals surface area contributed by atoms with E-state index in [9.17, 15) is 9.59 Å². The molecule has 1 aliphatic rings. The smallest absolute Gasteiger partial charge is 0.309 e. The summed E-state index contributed by atoms with van der Waals surface area (Å²) in [7, 11) is 1.28. The molecule has 2 rings (SSSR count). The highest BCUT2D eigenvalue weighted by molar-refractivity contribution is 6.01. The monoisotopic (exact) mass is 261 g/mol. The van der Waals surface area contributed by atoms with Crippen LogP contribution < -0.4 is 9.64 Å². The first-order valence-electron chi connectivity index (χ1n) is 5.92. The molecule has 1 heterocycles. The molecular formula is C14H15NO4. The summed E-state index contributed by atoms with van der Waals surface area (Å²) in [6.45, 7) is 4.01. The first kappa shape index (κ1) is 13.1. The normalized spacial score (nSPS) is 17.4. The lowest BCUT2D eigenvalue weighted by Crippen LogP contribution is -2.47. The van der Waals surface area contributed by atoms with E-state index in [0.29, 0.717) is 18.0 Å². The van der Waals surface area contributed by atoms with Crippen molar-refractivity contribution < 1.29 is 19.1 Å². The number of esters is 1. The van der Waals surface area contributed by atoms with E-state index < -0.39 is 12.1 Å². The average molecular weight is 261 g/mol. The largest absolute Gasteiger partial charge is 0.478 e. The molecule has 1 atom stereocenters. The molecule has 0 unspecified atom stereocenters. The van der Waals surface area contributed by atoms with Gasteiger partial charge in [-0.05, 0) is 12.1 Å². The highest BCUT2D eigenvalue weighted by atomic mass is 16.5. The zero-order valence-corrected chi connectivity index (χ0v) is 10.7. The minimum atomic E-state index is -0.845. The first-order chi connectivity index (χ1) is 9.17. The molecule has 100 valence electrons. The highest BCUT2D eigenvalue weighted by Crippen LogP contribution is 2.34. The zero-order valence-electron chi connectivity index (χ0n) is 10.7. The van der Waals surface area contributed by atoms with E-state index in [2.05, 4.69) is 11.3 Å². The van der Waals surface area contributed by atoms with Gasteiger partial charge in [-0.1, -0.05) is 18.2 Å². The molecule has 0 bridgehead atoms. The van der Waals surface area contributed by atoms with Crippen molar-refractivity contribution in [3.63, 3.8) is 0 Å². The summed E-state index contributed by atoms with van der Waals surface area (Å²) < 4.78 is 10.1. The molecule has 1 aromatic carbocycles. The molecule has 0 aromatic heterocycles. The van der Waals surface area contributed by atoms with Gasteiger partial charge < -0.3 is 14.4 Å². The van der Waals surface area contributed by atoms with Gasteiger partial charge in [0.25, 0.3) is 5.91 Å². The second-order valence-electron chi connectivity index (χ2n) is 4.09. The number of carbonyl (C=O) groups excluding carboxylic acids is 2. The summed E-state index contributed by atoms with van der Waals surface area (Å²) >= 11 is 0. The molecule has 19 heavy (non-hydrogen) atoms. The van der Waals surface area contributed by atoms with E-state index in [-0.39, 0.29) is 12.3 Å². The van der Waals surface area contributed by atoms with Crippen LogP contribution in [0.4, 0.5) is 5.69 Å². The minimum absolute atomic E-state index is 0.0999. The first-order valence-corrected chi connectivity index (χ1v) is 5.92. The molecule has 0 N–H and O–H groups in total. The molecule has 0 spiro atoms. The van der Waals surface area contributed by atoms with Crippen molar-refractivity contribution in [1.82, 2.24) is 0 Å². The minimum Gasteiger partial charge on any atom is -0.478 e. The van der Waals surface area contributed by atoms with Gasteiger partial charge in [-0.25, -0.2) is 0 Å². The molecule has 0 saturated carbocycles. The molecule has 0 saturated heterocycles. The standard InChI is InChI=1S/C14H15NO4/c1-3-8-15-10-6-4-5-7-11(10)19-12(14(15)17)9-13(16)18-2/h3-7,12H,1,8-9H2,2H3/t12-/m1/s1. The number of anilines is 1. The van der Waals surface area contributed by atoms with Gasteiger partial charge in [0.15, 0.2) is 6.10 Å². The molecule has 5 heteroatoms. The number of carbonyl (C=O) groups is 2. The van der Waals surface area contributed by atoms with Gasteiger partial charge in [0.1, 0.15) is 5.75 Å². The summed E-state index contributed by atoms with van der Waals surface area (Å²) in [5.74, 6) is -0.155. The fourth-order valence-corrected chi connectivity index (χ4v) is 1.96. The van der Waals surface area contributed by atoms with Crippen molar-refractivity contribution in [3.05, 3.63) is 36.9 Å². The second-order valence-corrected chi connectivity index (χ2v) is 4.09. The van der Waals surface area contributed by atoms with Crippen molar-refractivity contribution in [2.24, 2.45) is 0 Å². The van der Waals surface area contributed by atoms with Crippen molar-refractivity contribution in [1.29, 1.82) is 0 Å².